The molecular formula is C5H10O2S. The fourth-order valence-corrected chi connectivity index (χ4v) is 0.882. The number of thioether (sulfide) groups is 1. The normalized spacial score (nSPS) is 9.25. The molecule has 0 aliphatic heterocycles. The molecule has 0 saturated carbocycles. The van der Waals surface area contributed by atoms with Crippen molar-refractivity contribution in [3.8, 4) is 0 Å². The SMILES string of the molecule is CCSC(=O)CCO. The molecule has 48 valence electrons. The van der Waals surface area contributed by atoms with Gasteiger partial charge in [-0.3, -0.25) is 4.79 Å². The van der Waals surface area contributed by atoms with E-state index in [4.69, 9.17) is 5.11 Å². The molecule has 0 spiro atoms. The zero-order chi connectivity index (χ0) is 6.41. The Hall–Kier alpha value is -0.0200. The van der Waals surface area contributed by atoms with E-state index in [-0.39, 0.29) is 11.7 Å². The maximum atomic E-state index is 10.4. The van der Waals surface area contributed by atoms with Gasteiger partial charge in [0.15, 0.2) is 5.12 Å². The van der Waals surface area contributed by atoms with E-state index in [1.165, 1.54) is 11.8 Å². The van der Waals surface area contributed by atoms with E-state index >= 15 is 0 Å². The van der Waals surface area contributed by atoms with E-state index in [0.29, 0.717) is 6.42 Å². The highest BCUT2D eigenvalue weighted by Crippen LogP contribution is 2.02. The Bertz CT molecular complexity index is 64.8. The number of hydrogen-bond donors (Lipinski definition) is 1. The fraction of sp³-hybridized carbons (Fsp3) is 0.800. The molecule has 0 rings (SSSR count). The van der Waals surface area contributed by atoms with Crippen LogP contribution in [0.3, 0.4) is 0 Å². The smallest absolute Gasteiger partial charge is 0.191 e. The van der Waals surface area contributed by atoms with Crippen molar-refractivity contribution in [3.05, 3.63) is 0 Å². The van der Waals surface area contributed by atoms with Crippen molar-refractivity contribution >= 4 is 16.9 Å². The largest absolute Gasteiger partial charge is 0.396 e. The summed E-state index contributed by atoms with van der Waals surface area (Å²) in [5.41, 5.74) is 0. The van der Waals surface area contributed by atoms with E-state index in [1.807, 2.05) is 6.92 Å². The highest BCUT2D eigenvalue weighted by molar-refractivity contribution is 8.13. The van der Waals surface area contributed by atoms with Crippen LogP contribution in [0.5, 0.6) is 0 Å². The van der Waals surface area contributed by atoms with Gasteiger partial charge in [0.25, 0.3) is 0 Å². The number of hydrogen-bond acceptors (Lipinski definition) is 3. The van der Waals surface area contributed by atoms with Crippen LogP contribution in [0, 0.1) is 0 Å². The van der Waals surface area contributed by atoms with Crippen molar-refractivity contribution in [2.24, 2.45) is 0 Å². The summed E-state index contributed by atoms with van der Waals surface area (Å²) in [5.74, 6) is 0.804. The minimum Gasteiger partial charge on any atom is -0.396 e. The van der Waals surface area contributed by atoms with Crippen LogP contribution in [-0.2, 0) is 4.79 Å². The lowest BCUT2D eigenvalue weighted by Gasteiger charge is -1.90. The highest BCUT2D eigenvalue weighted by atomic mass is 32.2. The molecule has 0 bridgehead atoms. The molecule has 2 nitrogen and oxygen atoms in total. The summed E-state index contributed by atoms with van der Waals surface area (Å²) in [7, 11) is 0. The van der Waals surface area contributed by atoms with Crippen LogP contribution >= 0.6 is 11.8 Å². The summed E-state index contributed by atoms with van der Waals surface area (Å²) >= 11 is 1.26. The van der Waals surface area contributed by atoms with Gasteiger partial charge in [0.2, 0.25) is 0 Å². The van der Waals surface area contributed by atoms with E-state index in [1.54, 1.807) is 0 Å². The molecule has 0 heterocycles. The third-order valence-electron chi connectivity index (χ3n) is 0.621. The van der Waals surface area contributed by atoms with Gasteiger partial charge in [0, 0.05) is 6.42 Å². The Balaban J connectivity index is 3.06. The molecule has 0 aliphatic carbocycles. The first-order chi connectivity index (χ1) is 3.81. The molecule has 1 N–H and O–H groups in total. The Morgan fingerprint density at radius 3 is 2.75 bits per heavy atom. The molecular weight excluding hydrogens is 124 g/mol. The van der Waals surface area contributed by atoms with E-state index < -0.39 is 0 Å². The number of carbonyl (C=O) groups excluding carboxylic acids is 1. The lowest BCUT2D eigenvalue weighted by Crippen LogP contribution is -1.94. The predicted molar refractivity (Wildman–Crippen MR) is 34.8 cm³/mol. The molecule has 0 aromatic carbocycles. The molecule has 0 aromatic rings. The number of aliphatic hydroxyl groups excluding tert-OH is 1. The summed E-state index contributed by atoms with van der Waals surface area (Å²) in [6.07, 6.45) is 0.290. The second kappa shape index (κ2) is 5.12. The molecule has 8 heavy (non-hydrogen) atoms. The topological polar surface area (TPSA) is 37.3 Å². The van der Waals surface area contributed by atoms with Crippen molar-refractivity contribution in [2.45, 2.75) is 13.3 Å². The van der Waals surface area contributed by atoms with Gasteiger partial charge < -0.3 is 5.11 Å². The highest BCUT2D eigenvalue weighted by Gasteiger charge is 1.96. The molecule has 0 unspecified atom stereocenters. The molecule has 3 heteroatoms. The van der Waals surface area contributed by atoms with Crippen LogP contribution in [0.25, 0.3) is 0 Å². The Morgan fingerprint density at radius 2 is 2.38 bits per heavy atom. The third kappa shape index (κ3) is 4.15. The summed E-state index contributed by atoms with van der Waals surface area (Å²) < 4.78 is 0. The summed E-state index contributed by atoms with van der Waals surface area (Å²) in [6.45, 7) is 1.89. The number of rotatable bonds is 3. The standard InChI is InChI=1S/C5H10O2S/c1-2-8-5(7)3-4-6/h6H,2-4H2,1H3. The van der Waals surface area contributed by atoms with Gasteiger partial charge in [0.1, 0.15) is 0 Å². The minimum atomic E-state index is -0.0220. The molecule has 0 fully saturated rings. The van der Waals surface area contributed by atoms with Crippen molar-refractivity contribution < 1.29 is 9.90 Å². The lowest BCUT2D eigenvalue weighted by molar-refractivity contribution is -0.111. The molecule has 0 radical (unpaired) electrons. The van der Waals surface area contributed by atoms with Gasteiger partial charge in [0.05, 0.1) is 6.61 Å². The van der Waals surface area contributed by atoms with Crippen LogP contribution in [0.4, 0.5) is 0 Å². The van der Waals surface area contributed by atoms with Gasteiger partial charge in [-0.1, -0.05) is 18.7 Å². The van der Waals surface area contributed by atoms with Gasteiger partial charge in [-0.25, -0.2) is 0 Å². The minimum absolute atomic E-state index is 0.0220. The van der Waals surface area contributed by atoms with Gasteiger partial charge in [-0.15, -0.1) is 0 Å². The summed E-state index contributed by atoms with van der Waals surface area (Å²) in [6, 6.07) is 0. The quantitative estimate of drug-likeness (QED) is 0.615. The predicted octanol–water partition coefficient (Wildman–Crippen LogP) is 0.649. The van der Waals surface area contributed by atoms with Crippen LogP contribution < -0.4 is 0 Å². The van der Waals surface area contributed by atoms with Crippen LogP contribution in [0.2, 0.25) is 0 Å². The van der Waals surface area contributed by atoms with Crippen molar-refractivity contribution in [2.75, 3.05) is 12.4 Å². The Morgan fingerprint density at radius 1 is 1.75 bits per heavy atom. The molecule has 0 amide bonds. The molecule has 0 atom stereocenters. The maximum Gasteiger partial charge on any atom is 0.191 e. The fourth-order valence-electron chi connectivity index (χ4n) is 0.324. The third-order valence-corrected chi connectivity index (χ3v) is 1.44. The second-order valence-corrected chi connectivity index (χ2v) is 2.60. The van der Waals surface area contributed by atoms with Crippen molar-refractivity contribution in [1.82, 2.24) is 0 Å². The number of carbonyl (C=O) groups is 1. The first-order valence-corrected chi connectivity index (χ1v) is 3.56. The zero-order valence-electron chi connectivity index (χ0n) is 4.89. The average Bonchev–Trinajstić information content (AvgIpc) is 1.68. The molecule has 0 saturated heterocycles. The zero-order valence-corrected chi connectivity index (χ0v) is 5.70. The van der Waals surface area contributed by atoms with Crippen LogP contribution in [-0.4, -0.2) is 22.6 Å². The lowest BCUT2D eigenvalue weighted by atomic mass is 10.5. The Labute approximate surface area is 53.3 Å². The van der Waals surface area contributed by atoms with Crippen molar-refractivity contribution in [1.29, 1.82) is 0 Å². The van der Waals surface area contributed by atoms with E-state index in [0.717, 1.165) is 5.75 Å². The van der Waals surface area contributed by atoms with Gasteiger partial charge >= 0.3 is 0 Å². The summed E-state index contributed by atoms with van der Waals surface area (Å²) in [5, 5.41) is 8.31. The molecule has 0 aliphatic rings. The van der Waals surface area contributed by atoms with E-state index in [2.05, 4.69) is 0 Å². The summed E-state index contributed by atoms with van der Waals surface area (Å²) in [4.78, 5) is 10.4. The maximum absolute atomic E-state index is 10.4. The first kappa shape index (κ1) is 7.98. The van der Waals surface area contributed by atoms with E-state index in [9.17, 15) is 4.79 Å². The first-order valence-electron chi connectivity index (χ1n) is 2.57. The van der Waals surface area contributed by atoms with Gasteiger partial charge in [-0.05, 0) is 5.75 Å². The van der Waals surface area contributed by atoms with Crippen molar-refractivity contribution in [3.63, 3.8) is 0 Å². The Kier molecular flexibility index (Phi) is 5.11. The van der Waals surface area contributed by atoms with Crippen LogP contribution in [0.1, 0.15) is 13.3 Å². The average molecular weight is 134 g/mol. The number of aliphatic hydroxyl groups is 1. The van der Waals surface area contributed by atoms with Crippen LogP contribution in [0.15, 0.2) is 0 Å². The second-order valence-electron chi connectivity index (χ2n) is 1.28. The van der Waals surface area contributed by atoms with Gasteiger partial charge in [-0.2, -0.15) is 0 Å². The monoisotopic (exact) mass is 134 g/mol. The molecule has 0 aromatic heterocycles.